The first kappa shape index (κ1) is 15.6. The van der Waals surface area contributed by atoms with Crippen molar-refractivity contribution < 1.29 is 0 Å². The minimum atomic E-state index is 0.527. The second kappa shape index (κ2) is 8.64. The van der Waals surface area contributed by atoms with Crippen molar-refractivity contribution in [2.75, 3.05) is 5.32 Å². The van der Waals surface area contributed by atoms with E-state index in [1.807, 2.05) is 31.2 Å². The number of hydrogen-bond donors (Lipinski definition) is 2. The third-order valence-corrected chi connectivity index (χ3v) is 2.99. The van der Waals surface area contributed by atoms with Gasteiger partial charge in [-0.1, -0.05) is 37.5 Å². The van der Waals surface area contributed by atoms with Crippen LogP contribution in [-0.2, 0) is 0 Å². The Morgan fingerprint density at radius 1 is 1.21 bits per heavy atom. The van der Waals surface area contributed by atoms with E-state index in [1.165, 1.54) is 24.8 Å². The molecule has 0 heterocycles. The van der Waals surface area contributed by atoms with Gasteiger partial charge in [0.05, 0.1) is 0 Å². The second-order valence-electron chi connectivity index (χ2n) is 4.74. The molecule has 2 N–H and O–H groups in total. The average Bonchev–Trinajstić information content (AvgIpc) is 2.39. The first-order chi connectivity index (χ1) is 9.11. The van der Waals surface area contributed by atoms with Crippen LogP contribution < -0.4 is 10.7 Å². The van der Waals surface area contributed by atoms with Gasteiger partial charge >= 0.3 is 0 Å². The van der Waals surface area contributed by atoms with Crippen molar-refractivity contribution in [3.63, 3.8) is 0 Å². The Hall–Kier alpha value is -1.42. The highest BCUT2D eigenvalue weighted by atomic mass is 32.1. The molecule has 0 aliphatic carbocycles. The Balaban J connectivity index is 2.34. The summed E-state index contributed by atoms with van der Waals surface area (Å²) in [6, 6.07) is 8.09. The predicted molar refractivity (Wildman–Crippen MR) is 87.8 cm³/mol. The number of hydrogen-bond acceptors (Lipinski definition) is 2. The Morgan fingerprint density at radius 3 is 2.53 bits per heavy atom. The zero-order chi connectivity index (χ0) is 14.1. The SMILES string of the molecule is CCCCC/C(C)=N/NC(=S)Nc1ccc(C)cc1. The lowest BCUT2D eigenvalue weighted by Gasteiger charge is -2.08. The number of aryl methyl sites for hydroxylation is 1. The maximum Gasteiger partial charge on any atom is 0.191 e. The van der Waals surface area contributed by atoms with Crippen LogP contribution in [0.5, 0.6) is 0 Å². The van der Waals surface area contributed by atoms with Crippen molar-refractivity contribution in [3.8, 4) is 0 Å². The fourth-order valence-corrected chi connectivity index (χ4v) is 1.79. The zero-order valence-electron chi connectivity index (χ0n) is 12.0. The molecule has 0 bridgehead atoms. The molecule has 4 heteroatoms. The summed E-state index contributed by atoms with van der Waals surface area (Å²) < 4.78 is 0. The van der Waals surface area contributed by atoms with Crippen LogP contribution in [0.2, 0.25) is 0 Å². The van der Waals surface area contributed by atoms with Crippen molar-refractivity contribution in [2.24, 2.45) is 5.10 Å². The predicted octanol–water partition coefficient (Wildman–Crippen LogP) is 4.24. The number of rotatable bonds is 6. The molecule has 1 aromatic rings. The summed E-state index contributed by atoms with van der Waals surface area (Å²) in [5.74, 6) is 0. The van der Waals surface area contributed by atoms with Crippen LogP contribution in [0.3, 0.4) is 0 Å². The van der Waals surface area contributed by atoms with E-state index in [4.69, 9.17) is 12.2 Å². The number of hydrazone groups is 1. The highest BCUT2D eigenvalue weighted by molar-refractivity contribution is 7.80. The molecule has 0 spiro atoms. The van der Waals surface area contributed by atoms with Gasteiger partial charge in [0.15, 0.2) is 5.11 Å². The van der Waals surface area contributed by atoms with E-state index in [-0.39, 0.29) is 0 Å². The summed E-state index contributed by atoms with van der Waals surface area (Å²) >= 11 is 5.19. The van der Waals surface area contributed by atoms with Crippen LogP contribution in [0.4, 0.5) is 5.69 Å². The molecule has 0 saturated heterocycles. The Morgan fingerprint density at radius 2 is 1.89 bits per heavy atom. The molecular formula is C15H23N3S. The summed E-state index contributed by atoms with van der Waals surface area (Å²) in [5, 5.41) is 7.90. The number of nitrogens with one attached hydrogen (secondary N) is 2. The molecule has 0 saturated carbocycles. The molecule has 0 aliphatic rings. The number of benzene rings is 1. The van der Waals surface area contributed by atoms with Crippen LogP contribution in [0.1, 0.15) is 45.1 Å². The highest BCUT2D eigenvalue weighted by Crippen LogP contribution is 2.08. The molecule has 0 atom stereocenters. The van der Waals surface area contributed by atoms with Crippen LogP contribution in [0.25, 0.3) is 0 Å². The molecule has 0 unspecified atom stereocenters. The smallest absolute Gasteiger partial charge is 0.191 e. The van der Waals surface area contributed by atoms with Gasteiger partial charge in [0.25, 0.3) is 0 Å². The maximum absolute atomic E-state index is 5.19. The topological polar surface area (TPSA) is 36.4 Å². The number of unbranched alkanes of at least 4 members (excludes halogenated alkanes) is 2. The Labute approximate surface area is 121 Å². The van der Waals surface area contributed by atoms with Gasteiger partial charge < -0.3 is 5.32 Å². The number of anilines is 1. The fraction of sp³-hybridized carbons (Fsp3) is 0.467. The van der Waals surface area contributed by atoms with E-state index in [9.17, 15) is 0 Å². The summed E-state index contributed by atoms with van der Waals surface area (Å²) in [6.45, 7) is 6.28. The van der Waals surface area contributed by atoms with E-state index < -0.39 is 0 Å². The van der Waals surface area contributed by atoms with Gasteiger partial charge in [-0.25, -0.2) is 0 Å². The van der Waals surface area contributed by atoms with E-state index in [0.29, 0.717) is 5.11 Å². The van der Waals surface area contributed by atoms with Gasteiger partial charge in [-0.3, -0.25) is 5.43 Å². The van der Waals surface area contributed by atoms with Gasteiger partial charge in [0.2, 0.25) is 0 Å². The minimum Gasteiger partial charge on any atom is -0.331 e. The lowest BCUT2D eigenvalue weighted by Crippen LogP contribution is -2.24. The van der Waals surface area contributed by atoms with Crippen molar-refractivity contribution in [1.29, 1.82) is 0 Å². The third kappa shape index (κ3) is 6.91. The summed E-state index contributed by atoms with van der Waals surface area (Å²) in [6.07, 6.45) is 4.69. The van der Waals surface area contributed by atoms with E-state index in [1.54, 1.807) is 0 Å². The molecule has 1 aromatic carbocycles. The van der Waals surface area contributed by atoms with Gasteiger partial charge in [-0.05, 0) is 51.0 Å². The molecule has 1 rings (SSSR count). The van der Waals surface area contributed by atoms with Crippen molar-refractivity contribution in [3.05, 3.63) is 29.8 Å². The zero-order valence-corrected chi connectivity index (χ0v) is 12.8. The third-order valence-electron chi connectivity index (χ3n) is 2.80. The largest absolute Gasteiger partial charge is 0.331 e. The van der Waals surface area contributed by atoms with Crippen LogP contribution in [0, 0.1) is 6.92 Å². The molecule has 0 aliphatic heterocycles. The van der Waals surface area contributed by atoms with Crippen LogP contribution in [0.15, 0.2) is 29.4 Å². The minimum absolute atomic E-state index is 0.527. The molecule has 0 fully saturated rings. The van der Waals surface area contributed by atoms with Gasteiger partial charge in [-0.2, -0.15) is 5.10 Å². The molecule has 19 heavy (non-hydrogen) atoms. The average molecular weight is 277 g/mol. The lowest BCUT2D eigenvalue weighted by molar-refractivity contribution is 0.738. The van der Waals surface area contributed by atoms with E-state index >= 15 is 0 Å². The first-order valence-electron chi connectivity index (χ1n) is 6.78. The quantitative estimate of drug-likeness (QED) is 0.353. The van der Waals surface area contributed by atoms with Crippen molar-refractivity contribution in [1.82, 2.24) is 5.43 Å². The molecular weight excluding hydrogens is 254 g/mol. The van der Waals surface area contributed by atoms with Gasteiger partial charge in [0, 0.05) is 11.4 Å². The van der Waals surface area contributed by atoms with Crippen LogP contribution >= 0.6 is 12.2 Å². The monoisotopic (exact) mass is 277 g/mol. The summed E-state index contributed by atoms with van der Waals surface area (Å²) in [5.41, 5.74) is 6.17. The normalized spacial score (nSPS) is 11.2. The van der Waals surface area contributed by atoms with Crippen molar-refractivity contribution >= 4 is 28.7 Å². The first-order valence-corrected chi connectivity index (χ1v) is 7.19. The summed E-state index contributed by atoms with van der Waals surface area (Å²) in [4.78, 5) is 0. The van der Waals surface area contributed by atoms with Gasteiger partial charge in [-0.15, -0.1) is 0 Å². The Bertz CT molecular complexity index is 424. The van der Waals surface area contributed by atoms with Crippen LogP contribution in [-0.4, -0.2) is 10.8 Å². The molecule has 0 aromatic heterocycles. The molecule has 104 valence electrons. The number of nitrogens with zero attached hydrogens (tertiary/aromatic N) is 1. The van der Waals surface area contributed by atoms with Gasteiger partial charge in [0.1, 0.15) is 0 Å². The maximum atomic E-state index is 5.19. The van der Waals surface area contributed by atoms with E-state index in [2.05, 4.69) is 29.7 Å². The second-order valence-corrected chi connectivity index (χ2v) is 5.14. The molecule has 0 radical (unpaired) electrons. The van der Waals surface area contributed by atoms with E-state index in [0.717, 1.165) is 17.8 Å². The Kier molecular flexibility index (Phi) is 7.11. The van der Waals surface area contributed by atoms with Crippen molar-refractivity contribution in [2.45, 2.75) is 46.5 Å². The highest BCUT2D eigenvalue weighted by Gasteiger charge is 1.97. The molecule has 3 nitrogen and oxygen atoms in total. The lowest BCUT2D eigenvalue weighted by atomic mass is 10.1. The number of thiocarbonyl (C=S) groups is 1. The standard InChI is InChI=1S/C15H23N3S/c1-4-5-6-7-13(3)17-18-15(19)16-14-10-8-12(2)9-11-14/h8-11H,4-7H2,1-3H3,(H2,16,18,19)/b17-13+. The summed E-state index contributed by atoms with van der Waals surface area (Å²) in [7, 11) is 0. The fourth-order valence-electron chi connectivity index (χ4n) is 1.63. The molecule has 0 amide bonds.